The molecular weight excluding hydrogens is 506 g/mol. The van der Waals surface area contributed by atoms with Gasteiger partial charge in [-0.05, 0) is 68.5 Å². The molecule has 1 aliphatic rings. The average Bonchev–Trinajstić information content (AvgIpc) is 3.29. The smallest absolute Gasteiger partial charge is 0.270 e. The van der Waals surface area contributed by atoms with E-state index in [0.717, 1.165) is 43.1 Å². The molecule has 4 rings (SSSR count). The molecule has 0 unspecified atom stereocenters. The van der Waals surface area contributed by atoms with Gasteiger partial charge in [-0.1, -0.05) is 48.4 Å². The Kier molecular flexibility index (Phi) is 9.74. The van der Waals surface area contributed by atoms with Gasteiger partial charge in [0.15, 0.2) is 5.57 Å². The van der Waals surface area contributed by atoms with Crippen LogP contribution in [0.2, 0.25) is 0 Å². The number of nitriles is 1. The summed E-state index contributed by atoms with van der Waals surface area (Å²) in [4.78, 5) is 27.9. The van der Waals surface area contributed by atoms with Crippen LogP contribution in [0, 0.1) is 23.7 Å². The molecule has 1 saturated heterocycles. The fraction of sp³-hybridized carbons (Fsp3) is 0.323. The fourth-order valence-corrected chi connectivity index (χ4v) is 5.96. The molecule has 200 valence electrons. The number of likely N-dealkylation sites (tertiary alicyclic amines) is 1. The first kappa shape index (κ1) is 27.9. The molecule has 2 heterocycles. The molecule has 0 atom stereocenters. The monoisotopic (exact) mass is 539 g/mol. The molecule has 0 bridgehead atoms. The van der Waals surface area contributed by atoms with Crippen molar-refractivity contribution in [2.75, 3.05) is 31.5 Å². The number of carbonyl (C=O) groups excluding carboxylic acids is 1. The van der Waals surface area contributed by atoms with Gasteiger partial charge in [0, 0.05) is 25.0 Å². The van der Waals surface area contributed by atoms with Crippen LogP contribution in [0.25, 0.3) is 11.8 Å². The summed E-state index contributed by atoms with van der Waals surface area (Å²) in [7, 11) is 0. The van der Waals surface area contributed by atoms with Crippen LogP contribution < -0.4 is 25.4 Å². The normalized spacial score (nSPS) is 15.3. The first-order valence-corrected chi connectivity index (χ1v) is 14.0. The van der Waals surface area contributed by atoms with Gasteiger partial charge in [-0.2, -0.15) is 5.26 Å². The van der Waals surface area contributed by atoms with Gasteiger partial charge in [0.25, 0.3) is 11.5 Å². The van der Waals surface area contributed by atoms with E-state index >= 15 is 0 Å². The van der Waals surface area contributed by atoms with Gasteiger partial charge in [0.05, 0.1) is 6.54 Å². The Morgan fingerprint density at radius 1 is 1.18 bits per heavy atom. The lowest BCUT2D eigenvalue weighted by Crippen LogP contribution is -2.34. The van der Waals surface area contributed by atoms with E-state index in [2.05, 4.69) is 63.9 Å². The van der Waals surface area contributed by atoms with Gasteiger partial charge in [-0.3, -0.25) is 14.2 Å². The molecule has 1 aliphatic heterocycles. The Balaban J connectivity index is 1.42. The Labute approximate surface area is 233 Å². The molecule has 3 aromatic rings. The van der Waals surface area contributed by atoms with Crippen molar-refractivity contribution in [1.29, 1.82) is 5.26 Å². The number of nitrogens with zero attached hydrogens (tertiary/aromatic N) is 3. The van der Waals surface area contributed by atoms with Crippen molar-refractivity contribution in [3.8, 4) is 18.4 Å². The number of carbonyl (C=O) groups is 1. The van der Waals surface area contributed by atoms with Gasteiger partial charge >= 0.3 is 0 Å². The lowest BCUT2D eigenvalue weighted by Gasteiger charge is -2.32. The van der Waals surface area contributed by atoms with Gasteiger partial charge in [0.2, 0.25) is 0 Å². The summed E-state index contributed by atoms with van der Waals surface area (Å²) in [6.45, 7) is 5.38. The van der Waals surface area contributed by atoms with E-state index in [1.807, 2.05) is 18.2 Å². The molecule has 0 saturated carbocycles. The largest absolute Gasteiger partial charge is 0.360 e. The van der Waals surface area contributed by atoms with Crippen molar-refractivity contribution in [3.05, 3.63) is 85.3 Å². The topological polar surface area (TPSA) is 90.2 Å². The summed E-state index contributed by atoms with van der Waals surface area (Å²) < 4.78 is 2.16. The highest BCUT2D eigenvalue weighted by Gasteiger charge is 2.20. The first-order chi connectivity index (χ1) is 19.0. The van der Waals surface area contributed by atoms with Crippen molar-refractivity contribution in [2.45, 2.75) is 38.6 Å². The predicted molar refractivity (Wildman–Crippen MR) is 157 cm³/mol. The minimum absolute atomic E-state index is 0.00852. The highest BCUT2D eigenvalue weighted by atomic mass is 32.1. The molecule has 2 aromatic carbocycles. The fourth-order valence-electron chi connectivity index (χ4n) is 4.88. The molecule has 2 N–H and O–H groups in total. The molecule has 0 aliphatic carbocycles. The SMILES string of the molecule is C#CCNC(=O)C(C#N)=c1sc(=CNc2cccc(CCN3CCC(c4ccccc4)CC3)c2)c(=O)n1CC. The maximum atomic E-state index is 13.0. The summed E-state index contributed by atoms with van der Waals surface area (Å²) in [6.07, 6.45) is 10.2. The summed E-state index contributed by atoms with van der Waals surface area (Å²) >= 11 is 1.11. The van der Waals surface area contributed by atoms with E-state index in [1.54, 1.807) is 13.1 Å². The van der Waals surface area contributed by atoms with Crippen LogP contribution in [0.15, 0.2) is 59.4 Å². The highest BCUT2D eigenvalue weighted by Crippen LogP contribution is 2.27. The number of thiazole rings is 1. The van der Waals surface area contributed by atoms with Crippen LogP contribution in [-0.2, 0) is 17.8 Å². The Morgan fingerprint density at radius 3 is 2.64 bits per heavy atom. The molecule has 7 nitrogen and oxygen atoms in total. The van der Waals surface area contributed by atoms with Crippen LogP contribution in [0.5, 0.6) is 0 Å². The molecule has 0 radical (unpaired) electrons. The molecule has 1 fully saturated rings. The standard InChI is InChI=1S/C31H33N5O2S/c1-3-16-33-29(37)27(21-32)31-36(4-2)30(38)28(39-31)22-34-26-12-8-9-23(20-26)13-17-35-18-14-25(15-19-35)24-10-6-5-7-11-24/h1,5-12,20,22,25,34H,4,13-19H2,2H3,(H,33,37). The first-order valence-electron chi connectivity index (χ1n) is 13.2. The number of benzene rings is 2. The number of hydrogen-bond acceptors (Lipinski definition) is 6. The second kappa shape index (κ2) is 13.6. The summed E-state index contributed by atoms with van der Waals surface area (Å²) in [6, 6.07) is 20.9. The molecule has 0 spiro atoms. The van der Waals surface area contributed by atoms with E-state index in [0.29, 0.717) is 21.7 Å². The van der Waals surface area contributed by atoms with Crippen LogP contribution in [-0.4, -0.2) is 41.6 Å². The lowest BCUT2D eigenvalue weighted by atomic mass is 9.89. The summed E-state index contributed by atoms with van der Waals surface area (Å²) in [5, 5.41) is 15.3. The minimum Gasteiger partial charge on any atom is -0.360 e. The van der Waals surface area contributed by atoms with E-state index in [-0.39, 0.29) is 17.7 Å². The van der Waals surface area contributed by atoms with Crippen molar-refractivity contribution >= 4 is 34.7 Å². The highest BCUT2D eigenvalue weighted by molar-refractivity contribution is 7.07. The zero-order valence-electron chi connectivity index (χ0n) is 22.2. The Morgan fingerprint density at radius 2 is 1.95 bits per heavy atom. The van der Waals surface area contributed by atoms with Gasteiger partial charge < -0.3 is 15.5 Å². The van der Waals surface area contributed by atoms with E-state index < -0.39 is 5.91 Å². The summed E-state index contributed by atoms with van der Waals surface area (Å²) in [5.74, 6) is 2.38. The van der Waals surface area contributed by atoms with Gasteiger partial charge in [0.1, 0.15) is 15.3 Å². The van der Waals surface area contributed by atoms with Crippen LogP contribution in [0.3, 0.4) is 0 Å². The third kappa shape index (κ3) is 7.06. The second-order valence-electron chi connectivity index (χ2n) is 9.46. The minimum atomic E-state index is -0.588. The number of aromatic nitrogens is 1. The van der Waals surface area contributed by atoms with Crippen molar-refractivity contribution in [2.24, 2.45) is 0 Å². The van der Waals surface area contributed by atoms with Crippen molar-refractivity contribution in [1.82, 2.24) is 14.8 Å². The summed E-state index contributed by atoms with van der Waals surface area (Å²) in [5.41, 5.74) is 3.18. The van der Waals surface area contributed by atoms with Crippen molar-refractivity contribution < 1.29 is 4.79 Å². The molecular formula is C31H33N5O2S. The number of rotatable bonds is 9. The third-order valence-electron chi connectivity index (χ3n) is 7.00. The maximum absolute atomic E-state index is 13.0. The average molecular weight is 540 g/mol. The third-order valence-corrected chi connectivity index (χ3v) is 8.13. The lowest BCUT2D eigenvalue weighted by molar-refractivity contribution is -0.115. The number of anilines is 1. The van der Waals surface area contributed by atoms with E-state index in [4.69, 9.17) is 6.42 Å². The van der Waals surface area contributed by atoms with Crippen LogP contribution in [0.4, 0.5) is 5.69 Å². The quantitative estimate of drug-likeness (QED) is 0.408. The van der Waals surface area contributed by atoms with E-state index in [1.165, 1.54) is 28.5 Å². The van der Waals surface area contributed by atoms with Gasteiger partial charge in [-0.15, -0.1) is 17.8 Å². The zero-order valence-corrected chi connectivity index (χ0v) is 23.0. The molecule has 8 heteroatoms. The van der Waals surface area contributed by atoms with Crippen LogP contribution >= 0.6 is 11.3 Å². The number of hydrogen-bond donors (Lipinski definition) is 2. The number of terminal acetylenes is 1. The molecule has 1 aromatic heterocycles. The van der Waals surface area contributed by atoms with E-state index in [9.17, 15) is 14.9 Å². The van der Waals surface area contributed by atoms with Crippen molar-refractivity contribution in [3.63, 3.8) is 0 Å². The van der Waals surface area contributed by atoms with Gasteiger partial charge in [-0.25, -0.2) is 0 Å². The number of nitrogens with one attached hydrogen (secondary N) is 2. The number of amides is 1. The maximum Gasteiger partial charge on any atom is 0.270 e. The second-order valence-corrected chi connectivity index (χ2v) is 10.5. The Hall–Kier alpha value is -4.11. The molecule has 1 amide bonds. The molecule has 39 heavy (non-hydrogen) atoms. The van der Waals surface area contributed by atoms with Crippen LogP contribution in [0.1, 0.15) is 36.8 Å². The Bertz CT molecular complexity index is 1550. The number of piperidine rings is 1. The predicted octanol–water partition coefficient (Wildman–Crippen LogP) is 2.63. The zero-order chi connectivity index (χ0) is 27.6.